The Morgan fingerprint density at radius 2 is 1.68 bits per heavy atom. The Morgan fingerprint density at radius 3 is 2.26 bits per heavy atom. The van der Waals surface area contributed by atoms with Crippen LogP contribution in [0.4, 0.5) is 22.0 Å². The molecular weight excluding hydrogens is 479 g/mol. The van der Waals surface area contributed by atoms with Gasteiger partial charge in [-0.25, -0.2) is 22.8 Å². The van der Waals surface area contributed by atoms with E-state index >= 15 is 0 Å². The van der Waals surface area contributed by atoms with E-state index in [9.17, 15) is 12.8 Å². The van der Waals surface area contributed by atoms with Crippen LogP contribution in [0.5, 0.6) is 0 Å². The molecule has 0 fully saturated rings. The van der Waals surface area contributed by atoms with Gasteiger partial charge < -0.3 is 11.1 Å². The van der Waals surface area contributed by atoms with Crippen LogP contribution in [0.3, 0.4) is 0 Å². The molecule has 0 radical (unpaired) electrons. The lowest BCUT2D eigenvalue weighted by molar-refractivity contribution is 0.602. The van der Waals surface area contributed by atoms with Crippen LogP contribution < -0.4 is 11.1 Å². The number of anilines is 3. The van der Waals surface area contributed by atoms with E-state index in [2.05, 4.69) is 25.3 Å². The summed E-state index contributed by atoms with van der Waals surface area (Å²) in [7, 11) is -3.35. The van der Waals surface area contributed by atoms with Crippen LogP contribution in [0.2, 0.25) is 0 Å². The van der Waals surface area contributed by atoms with E-state index in [0.29, 0.717) is 28.5 Å². The van der Waals surface area contributed by atoms with Gasteiger partial charge in [-0.3, -0.25) is 4.98 Å². The largest absolute Gasteiger partial charge is 0.368 e. The van der Waals surface area contributed by atoms with Gasteiger partial charge in [0, 0.05) is 35.7 Å². The quantitative estimate of drug-likeness (QED) is 0.400. The maximum absolute atomic E-state index is 13.5. The van der Waals surface area contributed by atoms with Crippen molar-refractivity contribution < 1.29 is 12.8 Å². The molecule has 176 valence electrons. The summed E-state index contributed by atoms with van der Waals surface area (Å²) in [6, 6.07) is 12.5. The Bertz CT molecular complexity index is 1390. The molecule has 11 heteroatoms. The van der Waals surface area contributed by atoms with Crippen LogP contribution in [-0.2, 0) is 9.84 Å². The number of nitrogens with zero attached hydrogens (tertiary/aromatic N) is 4. The highest BCUT2D eigenvalue weighted by Crippen LogP contribution is 2.38. The molecule has 0 spiro atoms. The van der Waals surface area contributed by atoms with Gasteiger partial charge in [0.1, 0.15) is 17.5 Å². The van der Waals surface area contributed by atoms with Crippen molar-refractivity contribution in [1.82, 2.24) is 19.9 Å². The predicted octanol–water partition coefficient (Wildman–Crippen LogP) is 4.38. The van der Waals surface area contributed by atoms with E-state index in [4.69, 9.17) is 5.73 Å². The second kappa shape index (κ2) is 10.1. The number of nitrogen functional groups attached to an aromatic ring is 1. The van der Waals surface area contributed by atoms with Crippen molar-refractivity contribution >= 4 is 39.8 Å². The molecule has 8 nitrogen and oxygen atoms in total. The van der Waals surface area contributed by atoms with Crippen molar-refractivity contribution in [3.05, 3.63) is 84.1 Å². The summed E-state index contributed by atoms with van der Waals surface area (Å²) in [5.41, 5.74) is 8.73. The monoisotopic (exact) mass is 500 g/mol. The molecular formula is C23H22ClFN6O2S. The first-order valence-corrected chi connectivity index (χ1v) is 11.9. The van der Waals surface area contributed by atoms with Crippen LogP contribution in [-0.4, -0.2) is 34.6 Å². The second-order valence-electron chi connectivity index (χ2n) is 7.48. The molecule has 0 aliphatic carbocycles. The standard InChI is InChI=1S/C23H21FN6O2S.ClH/c1-14(15-3-7-17(24)8-4-15)20-21(16-5-9-18(10-6-16)33(2,31)32)29-23(25)30-22(20)28-19-13-26-11-12-27-19;/h3-14H,1-2H3,(H3,25,27,28,29,30);1H. The fourth-order valence-corrected chi connectivity index (χ4v) is 4.11. The van der Waals surface area contributed by atoms with Crippen molar-refractivity contribution in [3.8, 4) is 11.3 Å². The number of hydrogen-bond acceptors (Lipinski definition) is 8. The molecule has 0 aliphatic heterocycles. The summed E-state index contributed by atoms with van der Waals surface area (Å²) < 4.78 is 37.3. The van der Waals surface area contributed by atoms with Crippen LogP contribution in [0.1, 0.15) is 24.0 Å². The fourth-order valence-electron chi connectivity index (χ4n) is 3.48. The third kappa shape index (κ3) is 5.46. The maximum Gasteiger partial charge on any atom is 0.222 e. The Morgan fingerprint density at radius 1 is 1.00 bits per heavy atom. The molecule has 3 N–H and O–H groups in total. The van der Waals surface area contributed by atoms with E-state index in [1.807, 2.05) is 6.92 Å². The summed E-state index contributed by atoms with van der Waals surface area (Å²) in [6.07, 6.45) is 5.79. The summed E-state index contributed by atoms with van der Waals surface area (Å²) >= 11 is 0. The number of nitrogens with one attached hydrogen (secondary N) is 1. The van der Waals surface area contributed by atoms with E-state index in [1.165, 1.54) is 24.3 Å². The SMILES string of the molecule is CC(c1ccc(F)cc1)c1c(Nc2cnccn2)nc(N)nc1-c1ccc(S(C)(=O)=O)cc1.Cl. The molecule has 0 saturated carbocycles. The van der Waals surface area contributed by atoms with Gasteiger partial charge in [-0.05, 0) is 29.8 Å². The average molecular weight is 501 g/mol. The fraction of sp³-hybridized carbons (Fsp3) is 0.130. The highest BCUT2D eigenvalue weighted by Gasteiger charge is 2.23. The Kier molecular flexibility index (Phi) is 7.43. The minimum atomic E-state index is -3.35. The van der Waals surface area contributed by atoms with Crippen molar-refractivity contribution in [1.29, 1.82) is 0 Å². The minimum absolute atomic E-state index is 0. The summed E-state index contributed by atoms with van der Waals surface area (Å²) in [6.45, 7) is 1.94. The van der Waals surface area contributed by atoms with Crippen LogP contribution in [0.25, 0.3) is 11.3 Å². The summed E-state index contributed by atoms with van der Waals surface area (Å²) in [5, 5.41) is 3.15. The van der Waals surface area contributed by atoms with Gasteiger partial charge in [0.25, 0.3) is 0 Å². The molecule has 2 aromatic heterocycles. The molecule has 2 heterocycles. The number of rotatable bonds is 6. The molecule has 0 saturated heterocycles. The third-order valence-electron chi connectivity index (χ3n) is 5.13. The van der Waals surface area contributed by atoms with Crippen LogP contribution >= 0.6 is 12.4 Å². The molecule has 2 aromatic carbocycles. The lowest BCUT2D eigenvalue weighted by Crippen LogP contribution is -2.11. The van der Waals surface area contributed by atoms with E-state index in [-0.39, 0.29) is 35.0 Å². The summed E-state index contributed by atoms with van der Waals surface area (Å²) in [5.74, 6) is 0.297. The van der Waals surface area contributed by atoms with Crippen molar-refractivity contribution in [2.45, 2.75) is 17.7 Å². The molecule has 0 amide bonds. The Labute approximate surface area is 202 Å². The number of nitrogens with two attached hydrogens (primary N) is 1. The minimum Gasteiger partial charge on any atom is -0.368 e. The Hall–Kier alpha value is -3.63. The van der Waals surface area contributed by atoms with Gasteiger partial charge in [-0.2, -0.15) is 4.98 Å². The van der Waals surface area contributed by atoms with Gasteiger partial charge >= 0.3 is 0 Å². The second-order valence-corrected chi connectivity index (χ2v) is 9.49. The molecule has 4 aromatic rings. The van der Waals surface area contributed by atoms with Crippen LogP contribution in [0, 0.1) is 5.82 Å². The zero-order chi connectivity index (χ0) is 23.6. The lowest BCUT2D eigenvalue weighted by atomic mass is 9.90. The zero-order valence-electron chi connectivity index (χ0n) is 18.3. The molecule has 1 unspecified atom stereocenters. The summed E-state index contributed by atoms with van der Waals surface area (Å²) in [4.78, 5) is 17.4. The number of halogens is 2. The predicted molar refractivity (Wildman–Crippen MR) is 131 cm³/mol. The van der Waals surface area contributed by atoms with Crippen molar-refractivity contribution in [3.63, 3.8) is 0 Å². The van der Waals surface area contributed by atoms with E-state index in [1.54, 1.807) is 42.9 Å². The van der Waals surface area contributed by atoms with Gasteiger partial charge in [0.15, 0.2) is 9.84 Å². The highest BCUT2D eigenvalue weighted by molar-refractivity contribution is 7.90. The number of hydrogen-bond donors (Lipinski definition) is 2. The molecule has 0 bridgehead atoms. The van der Waals surface area contributed by atoms with Crippen molar-refractivity contribution in [2.75, 3.05) is 17.3 Å². The number of benzene rings is 2. The first-order valence-electron chi connectivity index (χ1n) is 9.99. The van der Waals surface area contributed by atoms with Gasteiger partial charge in [-0.1, -0.05) is 31.2 Å². The van der Waals surface area contributed by atoms with Crippen LogP contribution in [0.15, 0.2) is 72.0 Å². The van der Waals surface area contributed by atoms with Gasteiger partial charge in [0.2, 0.25) is 5.95 Å². The smallest absolute Gasteiger partial charge is 0.222 e. The first kappa shape index (κ1) is 25.0. The average Bonchev–Trinajstić information content (AvgIpc) is 2.79. The molecule has 34 heavy (non-hydrogen) atoms. The molecule has 0 aliphatic rings. The first-order chi connectivity index (χ1) is 15.7. The van der Waals surface area contributed by atoms with Gasteiger partial charge in [-0.15, -0.1) is 12.4 Å². The van der Waals surface area contributed by atoms with E-state index < -0.39 is 9.84 Å². The topological polar surface area (TPSA) is 124 Å². The molecule has 1 atom stereocenters. The van der Waals surface area contributed by atoms with Crippen molar-refractivity contribution in [2.24, 2.45) is 0 Å². The van der Waals surface area contributed by atoms with Gasteiger partial charge in [0.05, 0.1) is 16.8 Å². The Balaban J connectivity index is 0.00000324. The number of sulfone groups is 1. The third-order valence-corrected chi connectivity index (χ3v) is 6.26. The maximum atomic E-state index is 13.5. The lowest BCUT2D eigenvalue weighted by Gasteiger charge is -2.21. The van der Waals surface area contributed by atoms with E-state index in [0.717, 1.165) is 11.8 Å². The normalized spacial score (nSPS) is 12.0. The zero-order valence-corrected chi connectivity index (χ0v) is 19.9. The highest BCUT2D eigenvalue weighted by atomic mass is 35.5. The number of aromatic nitrogens is 4. The molecule has 4 rings (SSSR count).